The molecule has 0 saturated carbocycles. The van der Waals surface area contributed by atoms with Crippen LogP contribution in [0.25, 0.3) is 0 Å². The van der Waals surface area contributed by atoms with E-state index in [1.807, 2.05) is 0 Å². The van der Waals surface area contributed by atoms with Gasteiger partial charge in [0.05, 0.1) is 12.1 Å². The Morgan fingerprint density at radius 1 is 1.10 bits per heavy atom. The first-order valence-corrected chi connectivity index (χ1v) is 5.44. The average Bonchev–Trinajstić information content (AvgIpc) is 2.35. The SMILES string of the molecule is O=C(O)CCC(=O)c1ccccc1NC(=O)C(F)(F)F. The molecule has 0 heterocycles. The number of hydrogen-bond donors (Lipinski definition) is 2. The molecule has 1 aromatic rings. The van der Waals surface area contributed by atoms with Crippen LogP contribution in [0.5, 0.6) is 0 Å². The molecular weight excluding hydrogens is 279 g/mol. The van der Waals surface area contributed by atoms with Crippen molar-refractivity contribution in [2.75, 3.05) is 5.32 Å². The fourth-order valence-corrected chi connectivity index (χ4v) is 1.38. The van der Waals surface area contributed by atoms with E-state index in [-0.39, 0.29) is 17.7 Å². The second kappa shape index (κ2) is 6.18. The maximum Gasteiger partial charge on any atom is 0.471 e. The first-order valence-electron chi connectivity index (χ1n) is 5.44. The van der Waals surface area contributed by atoms with Gasteiger partial charge in [-0.15, -0.1) is 0 Å². The molecule has 0 radical (unpaired) electrons. The minimum atomic E-state index is -5.07. The van der Waals surface area contributed by atoms with Crippen LogP contribution in [0.15, 0.2) is 24.3 Å². The molecule has 0 aliphatic heterocycles. The zero-order chi connectivity index (χ0) is 15.3. The molecule has 1 rings (SSSR count). The summed E-state index contributed by atoms with van der Waals surface area (Å²) in [6.45, 7) is 0. The summed E-state index contributed by atoms with van der Waals surface area (Å²) in [7, 11) is 0. The maximum absolute atomic E-state index is 12.1. The van der Waals surface area contributed by atoms with Crippen molar-refractivity contribution in [3.63, 3.8) is 0 Å². The Hall–Kier alpha value is -2.38. The van der Waals surface area contributed by atoms with E-state index in [1.54, 1.807) is 5.32 Å². The van der Waals surface area contributed by atoms with Crippen molar-refractivity contribution in [1.29, 1.82) is 0 Å². The molecule has 0 aromatic heterocycles. The number of carbonyl (C=O) groups is 3. The van der Waals surface area contributed by atoms with Crippen molar-refractivity contribution in [1.82, 2.24) is 0 Å². The van der Waals surface area contributed by atoms with Crippen molar-refractivity contribution >= 4 is 23.3 Å². The number of benzene rings is 1. The standard InChI is InChI=1S/C12H10F3NO4/c13-12(14,15)11(20)16-8-4-2-1-3-7(8)9(17)5-6-10(18)19/h1-4H,5-6H2,(H,16,20)(H,18,19). The molecule has 8 heteroatoms. The van der Waals surface area contributed by atoms with E-state index >= 15 is 0 Å². The van der Waals surface area contributed by atoms with Gasteiger partial charge in [0, 0.05) is 12.0 Å². The highest BCUT2D eigenvalue weighted by Gasteiger charge is 2.39. The molecule has 0 aliphatic rings. The lowest BCUT2D eigenvalue weighted by molar-refractivity contribution is -0.167. The van der Waals surface area contributed by atoms with E-state index in [0.29, 0.717) is 0 Å². The summed E-state index contributed by atoms with van der Waals surface area (Å²) < 4.78 is 36.4. The molecule has 1 amide bonds. The molecular formula is C12H10F3NO4. The summed E-state index contributed by atoms with van der Waals surface area (Å²) in [4.78, 5) is 32.9. The Morgan fingerprint density at radius 3 is 2.25 bits per heavy atom. The van der Waals surface area contributed by atoms with E-state index in [0.717, 1.165) is 6.07 Å². The van der Waals surface area contributed by atoms with E-state index in [2.05, 4.69) is 0 Å². The van der Waals surface area contributed by atoms with Gasteiger partial charge >= 0.3 is 18.1 Å². The smallest absolute Gasteiger partial charge is 0.471 e. The summed E-state index contributed by atoms with van der Waals surface area (Å²) in [5, 5.41) is 10.0. The Bertz CT molecular complexity index is 540. The van der Waals surface area contributed by atoms with Crippen LogP contribution in [-0.2, 0) is 9.59 Å². The van der Waals surface area contributed by atoms with Crippen molar-refractivity contribution in [2.24, 2.45) is 0 Å². The lowest BCUT2D eigenvalue weighted by Gasteiger charge is -2.11. The number of rotatable bonds is 5. The van der Waals surface area contributed by atoms with Gasteiger partial charge in [0.1, 0.15) is 0 Å². The third-order valence-electron chi connectivity index (χ3n) is 2.30. The monoisotopic (exact) mass is 289 g/mol. The first kappa shape index (κ1) is 15.7. The molecule has 0 fully saturated rings. The summed E-state index contributed by atoms with van der Waals surface area (Å²) in [5.41, 5.74) is -0.462. The molecule has 0 bridgehead atoms. The highest BCUT2D eigenvalue weighted by molar-refractivity contribution is 6.06. The number of para-hydroxylation sites is 1. The number of Topliss-reactive ketones (excluding diaryl/α,β-unsaturated/α-hetero) is 1. The molecule has 20 heavy (non-hydrogen) atoms. The Kier molecular flexibility index (Phi) is 4.84. The van der Waals surface area contributed by atoms with Crippen LogP contribution in [0.2, 0.25) is 0 Å². The average molecular weight is 289 g/mol. The minimum Gasteiger partial charge on any atom is -0.481 e. The number of carboxylic acids is 1. The number of aliphatic carboxylic acids is 1. The fourth-order valence-electron chi connectivity index (χ4n) is 1.38. The molecule has 5 nitrogen and oxygen atoms in total. The van der Waals surface area contributed by atoms with Crippen LogP contribution in [-0.4, -0.2) is 28.9 Å². The number of amides is 1. The number of anilines is 1. The van der Waals surface area contributed by atoms with Crippen LogP contribution in [0.3, 0.4) is 0 Å². The number of nitrogens with one attached hydrogen (secondary N) is 1. The van der Waals surface area contributed by atoms with Crippen LogP contribution < -0.4 is 5.32 Å². The Balaban J connectivity index is 2.91. The third-order valence-corrected chi connectivity index (χ3v) is 2.30. The number of ketones is 1. The zero-order valence-corrected chi connectivity index (χ0v) is 10.0. The van der Waals surface area contributed by atoms with E-state index in [9.17, 15) is 27.6 Å². The van der Waals surface area contributed by atoms with Crippen molar-refractivity contribution in [2.45, 2.75) is 19.0 Å². The lowest BCUT2D eigenvalue weighted by Crippen LogP contribution is -2.30. The Morgan fingerprint density at radius 2 is 1.70 bits per heavy atom. The fraction of sp³-hybridized carbons (Fsp3) is 0.250. The molecule has 0 aliphatic carbocycles. The summed E-state index contributed by atoms with van der Waals surface area (Å²) in [5.74, 6) is -4.06. The molecule has 0 saturated heterocycles. The summed E-state index contributed by atoms with van der Waals surface area (Å²) in [6.07, 6.45) is -5.88. The molecule has 2 N–H and O–H groups in total. The number of halogens is 3. The highest BCUT2D eigenvalue weighted by Crippen LogP contribution is 2.22. The number of carbonyl (C=O) groups excluding carboxylic acids is 2. The van der Waals surface area contributed by atoms with Gasteiger partial charge in [-0.25, -0.2) is 0 Å². The van der Waals surface area contributed by atoms with E-state index < -0.39 is 30.3 Å². The second-order valence-corrected chi connectivity index (χ2v) is 3.81. The maximum atomic E-state index is 12.1. The summed E-state index contributed by atoms with van der Waals surface area (Å²) in [6, 6.07) is 5.10. The molecule has 0 atom stereocenters. The van der Waals surface area contributed by atoms with E-state index in [1.165, 1.54) is 18.2 Å². The summed E-state index contributed by atoms with van der Waals surface area (Å²) >= 11 is 0. The molecule has 108 valence electrons. The molecule has 1 aromatic carbocycles. The third kappa shape index (κ3) is 4.38. The first-order chi connectivity index (χ1) is 9.21. The van der Waals surface area contributed by atoms with Crippen molar-refractivity contribution < 1.29 is 32.7 Å². The van der Waals surface area contributed by atoms with Crippen LogP contribution in [0.1, 0.15) is 23.2 Å². The predicted molar refractivity (Wildman–Crippen MR) is 62.3 cm³/mol. The van der Waals surface area contributed by atoms with Gasteiger partial charge < -0.3 is 10.4 Å². The quantitative estimate of drug-likeness (QED) is 0.814. The largest absolute Gasteiger partial charge is 0.481 e. The number of hydrogen-bond acceptors (Lipinski definition) is 3. The van der Waals surface area contributed by atoms with Crippen LogP contribution in [0.4, 0.5) is 18.9 Å². The van der Waals surface area contributed by atoms with Crippen molar-refractivity contribution in [3.05, 3.63) is 29.8 Å². The van der Waals surface area contributed by atoms with Gasteiger partial charge in [0.2, 0.25) is 0 Å². The second-order valence-electron chi connectivity index (χ2n) is 3.81. The lowest BCUT2D eigenvalue weighted by atomic mass is 10.0. The topological polar surface area (TPSA) is 83.5 Å². The van der Waals surface area contributed by atoms with Gasteiger partial charge in [-0.2, -0.15) is 13.2 Å². The van der Waals surface area contributed by atoms with E-state index in [4.69, 9.17) is 5.11 Å². The molecule has 0 spiro atoms. The van der Waals surface area contributed by atoms with Crippen LogP contribution >= 0.6 is 0 Å². The van der Waals surface area contributed by atoms with Gasteiger partial charge in [-0.1, -0.05) is 12.1 Å². The predicted octanol–water partition coefficient (Wildman–Crippen LogP) is 2.23. The zero-order valence-electron chi connectivity index (χ0n) is 10.0. The van der Waals surface area contributed by atoms with Crippen molar-refractivity contribution in [3.8, 4) is 0 Å². The minimum absolute atomic E-state index is 0.161. The Labute approximate surface area is 111 Å². The number of alkyl halides is 3. The normalized spacial score (nSPS) is 10.9. The van der Waals surface area contributed by atoms with Gasteiger partial charge in [-0.3, -0.25) is 14.4 Å². The van der Waals surface area contributed by atoms with Crippen LogP contribution in [0, 0.1) is 0 Å². The van der Waals surface area contributed by atoms with Gasteiger partial charge in [0.15, 0.2) is 5.78 Å². The van der Waals surface area contributed by atoms with Gasteiger partial charge in [-0.05, 0) is 12.1 Å². The molecule has 0 unspecified atom stereocenters. The van der Waals surface area contributed by atoms with Gasteiger partial charge in [0.25, 0.3) is 0 Å². The highest BCUT2D eigenvalue weighted by atomic mass is 19.4. The number of carboxylic acid groups (broad SMARTS) is 1.